The lowest BCUT2D eigenvalue weighted by Crippen LogP contribution is -2.19. The van der Waals surface area contributed by atoms with Gasteiger partial charge in [0, 0.05) is 26.4 Å². The van der Waals surface area contributed by atoms with E-state index in [4.69, 9.17) is 4.74 Å². The van der Waals surface area contributed by atoms with Crippen molar-refractivity contribution in [1.82, 2.24) is 10.3 Å². The summed E-state index contributed by atoms with van der Waals surface area (Å²) in [6, 6.07) is 7.13. The number of nitrogens with zero attached hydrogens (tertiary/aromatic N) is 1. The molecule has 1 aromatic carbocycles. The van der Waals surface area contributed by atoms with Crippen LogP contribution in [0.25, 0.3) is 0 Å². The Morgan fingerprint density at radius 1 is 1.29 bits per heavy atom. The van der Waals surface area contributed by atoms with E-state index in [1.54, 1.807) is 13.3 Å². The van der Waals surface area contributed by atoms with Crippen molar-refractivity contribution in [3.63, 3.8) is 0 Å². The first-order valence-electron chi connectivity index (χ1n) is 6.47. The number of pyridine rings is 1. The predicted molar refractivity (Wildman–Crippen MR) is 78.3 cm³/mol. The first-order chi connectivity index (χ1) is 10.2. The van der Waals surface area contributed by atoms with E-state index in [-0.39, 0.29) is 4.90 Å². The molecule has 0 fully saturated rings. The first kappa shape index (κ1) is 15.9. The van der Waals surface area contributed by atoms with E-state index in [2.05, 4.69) is 10.3 Å². The standard InChI is InChI=1S/C15H16F2N2OS/c1-20-8-7-18-10-11-3-2-6-19-15(11)21-14-9-12(16)4-5-13(14)17/h2-6,9,18H,7-8,10H2,1H3. The van der Waals surface area contributed by atoms with Crippen LogP contribution in [-0.4, -0.2) is 25.2 Å². The summed E-state index contributed by atoms with van der Waals surface area (Å²) >= 11 is 1.12. The molecule has 2 rings (SSSR count). The van der Waals surface area contributed by atoms with Crippen LogP contribution < -0.4 is 5.32 Å². The Kier molecular flexibility index (Phi) is 6.10. The van der Waals surface area contributed by atoms with Crippen molar-refractivity contribution in [3.8, 4) is 0 Å². The lowest BCUT2D eigenvalue weighted by atomic mass is 10.3. The van der Waals surface area contributed by atoms with E-state index >= 15 is 0 Å². The molecule has 0 saturated heterocycles. The molecule has 6 heteroatoms. The molecule has 1 aromatic heterocycles. The SMILES string of the molecule is COCCNCc1cccnc1Sc1cc(F)ccc1F. The third kappa shape index (κ3) is 4.77. The highest BCUT2D eigenvalue weighted by molar-refractivity contribution is 7.99. The summed E-state index contributed by atoms with van der Waals surface area (Å²) in [6.45, 7) is 1.92. The van der Waals surface area contributed by atoms with Gasteiger partial charge in [-0.05, 0) is 29.8 Å². The van der Waals surface area contributed by atoms with Gasteiger partial charge in [-0.1, -0.05) is 17.8 Å². The van der Waals surface area contributed by atoms with Gasteiger partial charge >= 0.3 is 0 Å². The summed E-state index contributed by atoms with van der Waals surface area (Å²) in [5, 5.41) is 3.87. The van der Waals surface area contributed by atoms with E-state index < -0.39 is 11.6 Å². The predicted octanol–water partition coefficient (Wildman–Crippen LogP) is 3.25. The van der Waals surface area contributed by atoms with Gasteiger partial charge < -0.3 is 10.1 Å². The van der Waals surface area contributed by atoms with E-state index in [0.717, 1.165) is 29.5 Å². The van der Waals surface area contributed by atoms with Crippen LogP contribution in [0.5, 0.6) is 0 Å². The van der Waals surface area contributed by atoms with Gasteiger partial charge in [0.2, 0.25) is 0 Å². The van der Waals surface area contributed by atoms with Crippen molar-refractivity contribution in [2.45, 2.75) is 16.5 Å². The highest BCUT2D eigenvalue weighted by atomic mass is 32.2. The minimum Gasteiger partial charge on any atom is -0.383 e. The second-order valence-corrected chi connectivity index (χ2v) is 5.34. The number of aromatic nitrogens is 1. The fourth-order valence-corrected chi connectivity index (χ4v) is 2.64. The van der Waals surface area contributed by atoms with Crippen molar-refractivity contribution < 1.29 is 13.5 Å². The van der Waals surface area contributed by atoms with Gasteiger partial charge in [-0.15, -0.1) is 0 Å². The van der Waals surface area contributed by atoms with Crippen molar-refractivity contribution >= 4 is 11.8 Å². The maximum atomic E-state index is 13.7. The smallest absolute Gasteiger partial charge is 0.137 e. The highest BCUT2D eigenvalue weighted by Gasteiger charge is 2.10. The number of methoxy groups -OCH3 is 1. The Bertz CT molecular complexity index is 596. The molecule has 112 valence electrons. The first-order valence-corrected chi connectivity index (χ1v) is 7.29. The average Bonchev–Trinajstić information content (AvgIpc) is 2.49. The Morgan fingerprint density at radius 3 is 2.95 bits per heavy atom. The number of hydrogen-bond donors (Lipinski definition) is 1. The van der Waals surface area contributed by atoms with E-state index in [1.165, 1.54) is 6.07 Å². The van der Waals surface area contributed by atoms with Crippen LogP contribution in [0.1, 0.15) is 5.56 Å². The molecule has 0 atom stereocenters. The molecule has 21 heavy (non-hydrogen) atoms. The van der Waals surface area contributed by atoms with Crippen LogP contribution in [0, 0.1) is 11.6 Å². The Hall–Kier alpha value is -1.50. The Morgan fingerprint density at radius 2 is 2.14 bits per heavy atom. The molecule has 0 unspecified atom stereocenters. The van der Waals surface area contributed by atoms with E-state index in [1.807, 2.05) is 12.1 Å². The maximum absolute atomic E-state index is 13.7. The van der Waals surface area contributed by atoms with Gasteiger partial charge in [-0.25, -0.2) is 13.8 Å². The summed E-state index contributed by atoms with van der Waals surface area (Å²) in [5.74, 6) is -0.917. The molecule has 3 nitrogen and oxygen atoms in total. The highest BCUT2D eigenvalue weighted by Crippen LogP contribution is 2.31. The van der Waals surface area contributed by atoms with Crippen LogP contribution in [0.3, 0.4) is 0 Å². The van der Waals surface area contributed by atoms with Gasteiger partial charge in [0.15, 0.2) is 0 Å². The number of ether oxygens (including phenoxy) is 1. The number of rotatable bonds is 7. The maximum Gasteiger partial charge on any atom is 0.137 e. The second kappa shape index (κ2) is 8.07. The van der Waals surface area contributed by atoms with E-state index in [0.29, 0.717) is 24.7 Å². The molecule has 0 radical (unpaired) electrons. The second-order valence-electron chi connectivity index (χ2n) is 4.31. The fourth-order valence-electron chi connectivity index (χ4n) is 1.71. The zero-order chi connectivity index (χ0) is 15.1. The Balaban J connectivity index is 2.10. The molecular weight excluding hydrogens is 294 g/mol. The van der Waals surface area contributed by atoms with Crippen LogP contribution in [-0.2, 0) is 11.3 Å². The van der Waals surface area contributed by atoms with Gasteiger partial charge in [-0.3, -0.25) is 0 Å². The molecule has 1 N–H and O–H groups in total. The molecule has 0 aliphatic heterocycles. The Labute approximate surface area is 126 Å². The van der Waals surface area contributed by atoms with Crippen molar-refractivity contribution in [3.05, 3.63) is 53.7 Å². The summed E-state index contributed by atoms with van der Waals surface area (Å²) < 4.78 is 31.9. The van der Waals surface area contributed by atoms with Crippen LogP contribution in [0.4, 0.5) is 8.78 Å². The fraction of sp³-hybridized carbons (Fsp3) is 0.267. The molecule has 0 spiro atoms. The molecule has 1 heterocycles. The summed E-state index contributed by atoms with van der Waals surface area (Å²) in [5.41, 5.74) is 0.933. The third-order valence-electron chi connectivity index (χ3n) is 2.75. The zero-order valence-electron chi connectivity index (χ0n) is 11.6. The van der Waals surface area contributed by atoms with Crippen LogP contribution in [0.2, 0.25) is 0 Å². The minimum absolute atomic E-state index is 0.229. The average molecular weight is 310 g/mol. The van der Waals surface area contributed by atoms with Crippen LogP contribution >= 0.6 is 11.8 Å². The number of halogens is 2. The third-order valence-corrected chi connectivity index (χ3v) is 3.84. The molecule has 0 bridgehead atoms. The molecule has 0 saturated carbocycles. The monoisotopic (exact) mass is 310 g/mol. The molecule has 0 aliphatic rings. The minimum atomic E-state index is -0.463. The quantitative estimate of drug-likeness (QED) is 0.796. The van der Waals surface area contributed by atoms with Gasteiger partial charge in [0.1, 0.15) is 16.7 Å². The van der Waals surface area contributed by atoms with Gasteiger partial charge in [0.25, 0.3) is 0 Å². The lowest BCUT2D eigenvalue weighted by molar-refractivity contribution is 0.199. The van der Waals surface area contributed by atoms with E-state index in [9.17, 15) is 8.78 Å². The number of hydrogen-bond acceptors (Lipinski definition) is 4. The molecular formula is C15H16F2N2OS. The van der Waals surface area contributed by atoms with Crippen molar-refractivity contribution in [1.29, 1.82) is 0 Å². The normalized spacial score (nSPS) is 10.8. The topological polar surface area (TPSA) is 34.1 Å². The molecule has 0 amide bonds. The largest absolute Gasteiger partial charge is 0.383 e. The van der Waals surface area contributed by atoms with Crippen molar-refractivity contribution in [2.24, 2.45) is 0 Å². The number of benzene rings is 1. The van der Waals surface area contributed by atoms with Crippen molar-refractivity contribution in [2.75, 3.05) is 20.3 Å². The zero-order valence-corrected chi connectivity index (χ0v) is 12.4. The van der Waals surface area contributed by atoms with Gasteiger partial charge in [0.05, 0.1) is 11.5 Å². The summed E-state index contributed by atoms with van der Waals surface area (Å²) in [6.07, 6.45) is 1.64. The lowest BCUT2D eigenvalue weighted by Gasteiger charge is -2.09. The van der Waals surface area contributed by atoms with Gasteiger partial charge in [-0.2, -0.15) is 0 Å². The summed E-state index contributed by atoms with van der Waals surface area (Å²) in [7, 11) is 1.64. The molecule has 2 aromatic rings. The molecule has 0 aliphatic carbocycles. The number of nitrogens with one attached hydrogen (secondary N) is 1. The van der Waals surface area contributed by atoms with Crippen LogP contribution in [0.15, 0.2) is 46.5 Å². The summed E-state index contributed by atoms with van der Waals surface area (Å²) in [4.78, 5) is 4.47.